The number of rotatable bonds is 1. The monoisotopic (exact) mass is 180 g/mol. The molecule has 0 unspecified atom stereocenters. The van der Waals surface area contributed by atoms with Crippen LogP contribution in [0.3, 0.4) is 0 Å². The second-order valence-corrected chi connectivity index (χ2v) is 2.85. The number of pyridine rings is 2. The fourth-order valence-corrected chi connectivity index (χ4v) is 1.21. The van der Waals surface area contributed by atoms with Crippen molar-refractivity contribution in [2.75, 3.05) is 0 Å². The minimum atomic E-state index is 0.784. The van der Waals surface area contributed by atoms with Crippen LogP contribution in [0.4, 0.5) is 0 Å². The van der Waals surface area contributed by atoms with E-state index >= 15 is 0 Å². The van der Waals surface area contributed by atoms with Crippen molar-refractivity contribution >= 4 is 0 Å². The van der Waals surface area contributed by atoms with Gasteiger partial charge in [0.1, 0.15) is 0 Å². The van der Waals surface area contributed by atoms with E-state index in [-0.39, 0.29) is 0 Å². The van der Waals surface area contributed by atoms with Crippen molar-refractivity contribution in [1.29, 1.82) is 0 Å². The first-order valence-corrected chi connectivity index (χ1v) is 4.22. The van der Waals surface area contributed by atoms with Crippen molar-refractivity contribution in [2.24, 2.45) is 0 Å². The summed E-state index contributed by atoms with van der Waals surface area (Å²) in [5, 5.41) is 0. The van der Waals surface area contributed by atoms with Gasteiger partial charge in [0.15, 0.2) is 0 Å². The standard InChI is InChI=1S/C12H8N2/c1-2-10-6-12(9-14-7-10)11-4-3-5-13-8-11/h1,3-9H. The number of hydrogen-bond donors (Lipinski definition) is 0. The minimum absolute atomic E-state index is 0.784. The molecule has 0 atom stereocenters. The maximum Gasteiger partial charge on any atom is 0.0432 e. The maximum absolute atomic E-state index is 5.29. The molecular weight excluding hydrogens is 172 g/mol. The van der Waals surface area contributed by atoms with E-state index < -0.39 is 0 Å². The molecule has 2 aromatic heterocycles. The van der Waals surface area contributed by atoms with Gasteiger partial charge >= 0.3 is 0 Å². The summed E-state index contributed by atoms with van der Waals surface area (Å²) in [6.07, 6.45) is 12.3. The van der Waals surface area contributed by atoms with Crippen LogP contribution in [0, 0.1) is 12.3 Å². The van der Waals surface area contributed by atoms with E-state index in [1.165, 1.54) is 0 Å². The Kier molecular flexibility index (Phi) is 2.24. The molecule has 0 spiro atoms. The lowest BCUT2D eigenvalue weighted by atomic mass is 10.1. The lowest BCUT2D eigenvalue weighted by Crippen LogP contribution is -1.83. The molecule has 66 valence electrons. The van der Waals surface area contributed by atoms with E-state index in [1.54, 1.807) is 24.8 Å². The van der Waals surface area contributed by atoms with Gasteiger partial charge in [0.2, 0.25) is 0 Å². The van der Waals surface area contributed by atoms with Crippen LogP contribution < -0.4 is 0 Å². The first-order chi connectivity index (χ1) is 6.90. The molecule has 2 heterocycles. The summed E-state index contributed by atoms with van der Waals surface area (Å²) >= 11 is 0. The van der Waals surface area contributed by atoms with Gasteiger partial charge in [-0.05, 0) is 12.1 Å². The van der Waals surface area contributed by atoms with Gasteiger partial charge in [-0.3, -0.25) is 9.97 Å². The molecule has 2 heteroatoms. The summed E-state index contributed by atoms with van der Waals surface area (Å²) in [6.45, 7) is 0. The van der Waals surface area contributed by atoms with E-state index in [9.17, 15) is 0 Å². The quantitative estimate of drug-likeness (QED) is 0.628. The van der Waals surface area contributed by atoms with Gasteiger partial charge in [-0.2, -0.15) is 0 Å². The molecule has 0 aromatic carbocycles. The topological polar surface area (TPSA) is 25.8 Å². The van der Waals surface area contributed by atoms with E-state index in [4.69, 9.17) is 6.42 Å². The zero-order valence-corrected chi connectivity index (χ0v) is 7.51. The highest BCUT2D eigenvalue weighted by Crippen LogP contribution is 2.17. The first kappa shape index (κ1) is 8.46. The average molecular weight is 180 g/mol. The van der Waals surface area contributed by atoms with Crippen LogP contribution in [0.2, 0.25) is 0 Å². The van der Waals surface area contributed by atoms with Crippen LogP contribution in [0.25, 0.3) is 11.1 Å². The smallest absolute Gasteiger partial charge is 0.0432 e. The zero-order chi connectivity index (χ0) is 9.80. The molecule has 0 saturated heterocycles. The van der Waals surface area contributed by atoms with Crippen LogP contribution in [0.1, 0.15) is 5.56 Å². The molecule has 0 aliphatic rings. The third kappa shape index (κ3) is 1.62. The second kappa shape index (κ2) is 3.71. The molecule has 0 fully saturated rings. The molecule has 2 nitrogen and oxygen atoms in total. The molecule has 0 bridgehead atoms. The zero-order valence-electron chi connectivity index (χ0n) is 7.51. The van der Waals surface area contributed by atoms with Crippen LogP contribution in [0.15, 0.2) is 43.0 Å². The van der Waals surface area contributed by atoms with Crippen molar-refractivity contribution in [3.8, 4) is 23.5 Å². The summed E-state index contributed by atoms with van der Waals surface area (Å²) in [7, 11) is 0. The van der Waals surface area contributed by atoms with Gasteiger partial charge in [-0.1, -0.05) is 12.0 Å². The summed E-state index contributed by atoms with van der Waals surface area (Å²) in [4.78, 5) is 8.10. The first-order valence-electron chi connectivity index (χ1n) is 4.22. The van der Waals surface area contributed by atoms with Crippen LogP contribution in [-0.4, -0.2) is 9.97 Å². The SMILES string of the molecule is C#Cc1cncc(-c2cccnc2)c1. The van der Waals surface area contributed by atoms with Crippen LogP contribution >= 0.6 is 0 Å². The summed E-state index contributed by atoms with van der Waals surface area (Å²) in [5.41, 5.74) is 2.80. The Morgan fingerprint density at radius 3 is 2.64 bits per heavy atom. The van der Waals surface area contributed by atoms with Gasteiger partial charge in [0.25, 0.3) is 0 Å². The number of terminal acetylenes is 1. The molecular formula is C12H8N2. The lowest BCUT2D eigenvalue weighted by molar-refractivity contribution is 1.29. The maximum atomic E-state index is 5.29. The highest BCUT2D eigenvalue weighted by Gasteiger charge is 1.97. The summed E-state index contributed by atoms with van der Waals surface area (Å²) < 4.78 is 0. The predicted molar refractivity (Wildman–Crippen MR) is 55.4 cm³/mol. The van der Waals surface area contributed by atoms with Crippen molar-refractivity contribution in [3.63, 3.8) is 0 Å². The Morgan fingerprint density at radius 2 is 1.93 bits per heavy atom. The van der Waals surface area contributed by atoms with Crippen molar-refractivity contribution < 1.29 is 0 Å². The summed E-state index contributed by atoms with van der Waals surface area (Å²) in [6, 6.07) is 5.78. The van der Waals surface area contributed by atoms with E-state index in [0.717, 1.165) is 16.7 Å². The fraction of sp³-hybridized carbons (Fsp3) is 0. The Bertz CT molecular complexity index is 469. The largest absolute Gasteiger partial charge is 0.264 e. The van der Waals surface area contributed by atoms with Crippen molar-refractivity contribution in [1.82, 2.24) is 9.97 Å². The normalized spacial score (nSPS) is 9.36. The second-order valence-electron chi connectivity index (χ2n) is 2.85. The molecule has 0 radical (unpaired) electrons. The summed E-state index contributed by atoms with van der Waals surface area (Å²) in [5.74, 6) is 2.55. The van der Waals surface area contributed by atoms with Crippen LogP contribution in [-0.2, 0) is 0 Å². The number of nitrogens with zero attached hydrogens (tertiary/aromatic N) is 2. The Hall–Kier alpha value is -2.14. The lowest BCUT2D eigenvalue weighted by Gasteiger charge is -1.99. The number of hydrogen-bond acceptors (Lipinski definition) is 2. The minimum Gasteiger partial charge on any atom is -0.264 e. The molecule has 14 heavy (non-hydrogen) atoms. The predicted octanol–water partition coefficient (Wildman–Crippen LogP) is 2.12. The van der Waals surface area contributed by atoms with E-state index in [2.05, 4.69) is 15.9 Å². The Labute approximate surface area is 82.7 Å². The van der Waals surface area contributed by atoms with E-state index in [1.807, 2.05) is 18.2 Å². The third-order valence-electron chi connectivity index (χ3n) is 1.90. The Balaban J connectivity index is 2.49. The highest BCUT2D eigenvalue weighted by atomic mass is 14.6. The van der Waals surface area contributed by atoms with Gasteiger partial charge < -0.3 is 0 Å². The Morgan fingerprint density at radius 1 is 1.07 bits per heavy atom. The molecule has 0 aliphatic carbocycles. The fourth-order valence-electron chi connectivity index (χ4n) is 1.21. The molecule has 0 amide bonds. The van der Waals surface area contributed by atoms with Crippen LogP contribution in [0.5, 0.6) is 0 Å². The van der Waals surface area contributed by atoms with E-state index in [0.29, 0.717) is 0 Å². The molecule has 0 saturated carbocycles. The van der Waals surface area contributed by atoms with Gasteiger partial charge in [0.05, 0.1) is 0 Å². The van der Waals surface area contributed by atoms with Gasteiger partial charge in [0, 0.05) is 41.5 Å². The number of aromatic nitrogens is 2. The van der Waals surface area contributed by atoms with Gasteiger partial charge in [-0.25, -0.2) is 0 Å². The van der Waals surface area contributed by atoms with Gasteiger partial charge in [-0.15, -0.1) is 6.42 Å². The highest BCUT2D eigenvalue weighted by molar-refractivity contribution is 5.62. The van der Waals surface area contributed by atoms with Crippen molar-refractivity contribution in [2.45, 2.75) is 0 Å². The molecule has 0 N–H and O–H groups in total. The van der Waals surface area contributed by atoms with Crippen molar-refractivity contribution in [3.05, 3.63) is 48.5 Å². The third-order valence-corrected chi connectivity index (χ3v) is 1.90. The molecule has 2 aromatic rings. The molecule has 0 aliphatic heterocycles. The molecule has 2 rings (SSSR count). The average Bonchev–Trinajstić information content (AvgIpc) is 2.30.